The van der Waals surface area contributed by atoms with Crippen molar-refractivity contribution in [3.8, 4) is 0 Å². The molecular formula is C24H43N5O6. The third kappa shape index (κ3) is 14.2. The van der Waals surface area contributed by atoms with Crippen LogP contribution in [0, 0.1) is 11.3 Å². The molecule has 0 fully saturated rings. The number of rotatable bonds is 17. The lowest BCUT2D eigenvalue weighted by Gasteiger charge is -2.26. The largest absolute Gasteiger partial charge is 0.461 e. The molecule has 0 aliphatic heterocycles. The van der Waals surface area contributed by atoms with Crippen LogP contribution >= 0.6 is 0 Å². The number of carbonyl (C=O) groups is 5. The number of ketones is 1. The minimum atomic E-state index is -1.11. The molecule has 0 rings (SSSR count). The van der Waals surface area contributed by atoms with Crippen LogP contribution in [0.15, 0.2) is 0 Å². The van der Waals surface area contributed by atoms with Gasteiger partial charge in [0.25, 0.3) is 0 Å². The fourth-order valence-electron chi connectivity index (χ4n) is 3.18. The Morgan fingerprint density at radius 2 is 1.46 bits per heavy atom. The second-order valence-corrected chi connectivity index (χ2v) is 9.43. The number of hydrogen-bond donors (Lipinski definition) is 5. The highest BCUT2D eigenvalue weighted by atomic mass is 16.5. The summed E-state index contributed by atoms with van der Waals surface area (Å²) >= 11 is 0. The maximum absolute atomic E-state index is 13.2. The molecule has 0 saturated heterocycles. The molecule has 3 atom stereocenters. The van der Waals surface area contributed by atoms with Gasteiger partial charge in [-0.25, -0.2) is 4.79 Å². The third-order valence-corrected chi connectivity index (χ3v) is 4.96. The van der Waals surface area contributed by atoms with E-state index in [-0.39, 0.29) is 37.1 Å². The smallest absolute Gasteiger partial charge is 0.328 e. The SMILES string of the molecule is CC(=O)N[C@H](C(=O)N[C@@H](CCCNC(C)C)C(=O)N[C@@H](CCC(=O)C=N)C(=O)OC(C)C)C(C)C. The second-order valence-electron chi connectivity index (χ2n) is 9.43. The first-order chi connectivity index (χ1) is 16.3. The number of carbonyl (C=O) groups excluding carboxylic acids is 5. The minimum absolute atomic E-state index is 0.0401. The molecule has 0 aliphatic carbocycles. The molecule has 0 aliphatic rings. The van der Waals surface area contributed by atoms with E-state index in [1.165, 1.54) is 6.92 Å². The van der Waals surface area contributed by atoms with Crippen molar-refractivity contribution in [3.63, 3.8) is 0 Å². The molecule has 0 radical (unpaired) electrons. The predicted molar refractivity (Wildman–Crippen MR) is 133 cm³/mol. The van der Waals surface area contributed by atoms with Crippen molar-refractivity contribution >= 4 is 35.7 Å². The molecule has 3 amide bonds. The molecule has 0 bridgehead atoms. The van der Waals surface area contributed by atoms with E-state index in [0.717, 1.165) is 0 Å². The average Bonchev–Trinajstić information content (AvgIpc) is 2.75. The quantitative estimate of drug-likeness (QED) is 0.113. The van der Waals surface area contributed by atoms with Gasteiger partial charge >= 0.3 is 5.97 Å². The normalized spacial score (nSPS) is 13.7. The summed E-state index contributed by atoms with van der Waals surface area (Å²) in [5.41, 5.74) is 0. The van der Waals surface area contributed by atoms with E-state index >= 15 is 0 Å². The lowest BCUT2D eigenvalue weighted by Crippen LogP contribution is -2.57. The van der Waals surface area contributed by atoms with Gasteiger partial charge in [-0.15, -0.1) is 0 Å². The molecule has 5 N–H and O–H groups in total. The van der Waals surface area contributed by atoms with Gasteiger partial charge in [0, 0.05) is 19.4 Å². The minimum Gasteiger partial charge on any atom is -0.461 e. The van der Waals surface area contributed by atoms with Crippen LogP contribution in [0.3, 0.4) is 0 Å². The van der Waals surface area contributed by atoms with E-state index in [2.05, 4.69) is 21.3 Å². The molecule has 0 aromatic rings. The van der Waals surface area contributed by atoms with Gasteiger partial charge in [0.2, 0.25) is 17.7 Å². The summed E-state index contributed by atoms with van der Waals surface area (Å²) in [6.07, 6.45) is 0.925. The highest BCUT2D eigenvalue weighted by molar-refractivity contribution is 6.26. The Hall–Kier alpha value is -2.82. The summed E-state index contributed by atoms with van der Waals surface area (Å²) in [6, 6.07) is -2.66. The summed E-state index contributed by atoms with van der Waals surface area (Å²) in [5, 5.41) is 18.2. The molecule has 0 spiro atoms. The van der Waals surface area contributed by atoms with Crippen molar-refractivity contribution in [2.75, 3.05) is 6.54 Å². The van der Waals surface area contributed by atoms with Gasteiger partial charge in [-0.1, -0.05) is 27.7 Å². The molecule has 0 saturated carbocycles. The number of hydrogen-bond acceptors (Lipinski definition) is 8. The number of esters is 1. The lowest BCUT2D eigenvalue weighted by atomic mass is 10.0. The van der Waals surface area contributed by atoms with Crippen LogP contribution < -0.4 is 21.3 Å². The monoisotopic (exact) mass is 497 g/mol. The first-order valence-electron chi connectivity index (χ1n) is 12.1. The summed E-state index contributed by atoms with van der Waals surface area (Å²) in [4.78, 5) is 61.7. The van der Waals surface area contributed by atoms with Crippen LogP contribution in [-0.4, -0.2) is 72.5 Å². The molecule has 0 heterocycles. The fraction of sp³-hybridized carbons (Fsp3) is 0.750. The molecule has 0 aromatic heterocycles. The Morgan fingerprint density at radius 1 is 0.857 bits per heavy atom. The highest BCUT2D eigenvalue weighted by Crippen LogP contribution is 2.08. The van der Waals surface area contributed by atoms with Crippen LogP contribution in [0.25, 0.3) is 0 Å². The van der Waals surface area contributed by atoms with Crippen LogP contribution in [0.5, 0.6) is 0 Å². The van der Waals surface area contributed by atoms with Gasteiger partial charge < -0.3 is 31.4 Å². The van der Waals surface area contributed by atoms with Crippen LogP contribution in [0.2, 0.25) is 0 Å². The first-order valence-corrected chi connectivity index (χ1v) is 12.1. The summed E-state index contributed by atoms with van der Waals surface area (Å²) in [6.45, 7) is 12.8. The molecule has 11 nitrogen and oxygen atoms in total. The average molecular weight is 498 g/mol. The van der Waals surface area contributed by atoms with E-state index in [0.29, 0.717) is 19.2 Å². The molecule has 200 valence electrons. The topological polar surface area (TPSA) is 167 Å². The predicted octanol–water partition coefficient (Wildman–Crippen LogP) is 0.845. The first kappa shape index (κ1) is 32.2. The van der Waals surface area contributed by atoms with Crippen LogP contribution in [0.4, 0.5) is 0 Å². The number of ether oxygens (including phenoxy) is 1. The van der Waals surface area contributed by atoms with Crippen LogP contribution in [0.1, 0.15) is 74.1 Å². The zero-order valence-corrected chi connectivity index (χ0v) is 22.0. The van der Waals surface area contributed by atoms with Crippen molar-refractivity contribution in [2.24, 2.45) is 5.92 Å². The maximum atomic E-state index is 13.2. The van der Waals surface area contributed by atoms with E-state index in [4.69, 9.17) is 10.1 Å². The Balaban J connectivity index is 5.62. The van der Waals surface area contributed by atoms with E-state index < -0.39 is 47.8 Å². The van der Waals surface area contributed by atoms with E-state index in [1.54, 1.807) is 27.7 Å². The Morgan fingerprint density at radius 3 is 1.94 bits per heavy atom. The van der Waals surface area contributed by atoms with Gasteiger partial charge in [0.05, 0.1) is 12.3 Å². The molecule has 35 heavy (non-hydrogen) atoms. The summed E-state index contributed by atoms with van der Waals surface area (Å²) in [5.74, 6) is -2.87. The van der Waals surface area contributed by atoms with Gasteiger partial charge in [-0.2, -0.15) is 0 Å². The van der Waals surface area contributed by atoms with E-state index in [1.807, 2.05) is 13.8 Å². The van der Waals surface area contributed by atoms with Crippen molar-refractivity contribution in [2.45, 2.75) is 104 Å². The molecular weight excluding hydrogens is 454 g/mol. The summed E-state index contributed by atoms with van der Waals surface area (Å²) < 4.78 is 5.21. The second kappa shape index (κ2) is 16.7. The fourth-order valence-corrected chi connectivity index (χ4v) is 3.18. The Kier molecular flexibility index (Phi) is 15.4. The van der Waals surface area contributed by atoms with E-state index in [9.17, 15) is 24.0 Å². The van der Waals surface area contributed by atoms with Gasteiger partial charge in [-0.3, -0.25) is 19.2 Å². The number of amides is 3. The molecule has 0 unspecified atom stereocenters. The van der Waals surface area contributed by atoms with Gasteiger partial charge in [0.1, 0.15) is 18.1 Å². The zero-order valence-electron chi connectivity index (χ0n) is 22.0. The third-order valence-electron chi connectivity index (χ3n) is 4.96. The summed E-state index contributed by atoms with van der Waals surface area (Å²) in [7, 11) is 0. The molecule has 11 heteroatoms. The van der Waals surface area contributed by atoms with Gasteiger partial charge in [0.15, 0.2) is 5.78 Å². The van der Waals surface area contributed by atoms with Crippen LogP contribution in [-0.2, 0) is 28.7 Å². The van der Waals surface area contributed by atoms with Crippen molar-refractivity contribution in [1.82, 2.24) is 21.3 Å². The Labute approximate surface area is 208 Å². The standard InChI is InChI=1S/C24H43N5O6/c1-14(2)21(27-17(7)30)23(33)28-19(9-8-12-26-15(3)4)22(32)29-20(11-10-18(31)13-25)24(34)35-16(5)6/h13-16,19-21,25-26H,8-12H2,1-7H3,(H,27,30)(H,28,33)(H,29,32)/t19-,20-,21-/m0/s1. The number of nitrogens with one attached hydrogen (secondary N) is 5. The van der Waals surface area contributed by atoms with Crippen molar-refractivity contribution in [3.05, 3.63) is 0 Å². The zero-order chi connectivity index (χ0) is 27.1. The maximum Gasteiger partial charge on any atom is 0.328 e. The highest BCUT2D eigenvalue weighted by Gasteiger charge is 2.31. The number of Topliss-reactive ketones (excluding diaryl/α,β-unsaturated/α-hetero) is 1. The van der Waals surface area contributed by atoms with Gasteiger partial charge in [-0.05, 0) is 45.6 Å². The van der Waals surface area contributed by atoms with Crippen molar-refractivity contribution < 1.29 is 28.7 Å². The van der Waals surface area contributed by atoms with Crippen molar-refractivity contribution in [1.29, 1.82) is 5.41 Å². The lowest BCUT2D eigenvalue weighted by molar-refractivity contribution is -0.152. The molecule has 0 aromatic carbocycles. The Bertz CT molecular complexity index is 738.